The fourth-order valence-electron chi connectivity index (χ4n) is 1.47. The van der Waals surface area contributed by atoms with Crippen molar-refractivity contribution in [2.24, 2.45) is 16.5 Å². The molecule has 0 aromatic carbocycles. The van der Waals surface area contributed by atoms with Gasteiger partial charge in [-0.15, -0.1) is 0 Å². The van der Waals surface area contributed by atoms with Gasteiger partial charge in [0.15, 0.2) is 5.17 Å². The summed E-state index contributed by atoms with van der Waals surface area (Å²) in [5.41, 5.74) is 13.5. The number of amidine groups is 1. The van der Waals surface area contributed by atoms with Crippen LogP contribution in [0.2, 0.25) is 0 Å². The van der Waals surface area contributed by atoms with Gasteiger partial charge in [0.05, 0.1) is 6.04 Å². The molecule has 1 heterocycles. The molecule has 3 nitrogen and oxygen atoms in total. The quantitative estimate of drug-likeness (QED) is 0.678. The van der Waals surface area contributed by atoms with Crippen LogP contribution in [0.1, 0.15) is 6.42 Å². The summed E-state index contributed by atoms with van der Waals surface area (Å²) in [5.74, 6) is 0.926. The molecule has 0 saturated carbocycles. The second kappa shape index (κ2) is 3.92. The van der Waals surface area contributed by atoms with Crippen LogP contribution in [0, 0.1) is 0 Å². The number of hydrogen-bond donors (Lipinski definition) is 2. The van der Waals surface area contributed by atoms with Crippen molar-refractivity contribution in [1.29, 1.82) is 0 Å². The molecule has 0 aromatic heterocycles. The van der Waals surface area contributed by atoms with Crippen molar-refractivity contribution in [3.8, 4) is 0 Å². The van der Waals surface area contributed by atoms with E-state index in [1.807, 2.05) is 18.2 Å². The van der Waals surface area contributed by atoms with Gasteiger partial charge in [-0.3, -0.25) is 4.99 Å². The van der Waals surface area contributed by atoms with E-state index in [4.69, 9.17) is 11.5 Å². The maximum absolute atomic E-state index is 5.81. The van der Waals surface area contributed by atoms with Crippen molar-refractivity contribution in [2.75, 3.05) is 5.75 Å². The molecule has 14 heavy (non-hydrogen) atoms. The van der Waals surface area contributed by atoms with Crippen LogP contribution in [0.3, 0.4) is 0 Å². The van der Waals surface area contributed by atoms with Gasteiger partial charge in [0.25, 0.3) is 0 Å². The zero-order chi connectivity index (χ0) is 9.97. The van der Waals surface area contributed by atoms with Crippen LogP contribution in [0.5, 0.6) is 0 Å². The molecule has 0 radical (unpaired) electrons. The zero-order valence-electron chi connectivity index (χ0n) is 7.81. The van der Waals surface area contributed by atoms with Crippen LogP contribution < -0.4 is 11.5 Å². The Labute approximate surface area is 87.6 Å². The Morgan fingerprint density at radius 1 is 1.43 bits per heavy atom. The molecule has 4 N–H and O–H groups in total. The predicted octanol–water partition coefficient (Wildman–Crippen LogP) is 1.15. The van der Waals surface area contributed by atoms with Crippen LogP contribution in [0.15, 0.2) is 40.6 Å². The number of hydrogen-bond acceptors (Lipinski definition) is 4. The highest BCUT2D eigenvalue weighted by atomic mass is 32.2. The second-order valence-corrected chi connectivity index (χ2v) is 4.35. The summed E-state index contributed by atoms with van der Waals surface area (Å²) in [5, 5.41) is 0.677. The van der Waals surface area contributed by atoms with Crippen molar-refractivity contribution in [2.45, 2.75) is 12.5 Å². The molecular weight excluding hydrogens is 194 g/mol. The molecular formula is C10H13N3S. The van der Waals surface area contributed by atoms with Crippen LogP contribution >= 0.6 is 11.8 Å². The highest BCUT2D eigenvalue weighted by molar-refractivity contribution is 8.14. The van der Waals surface area contributed by atoms with E-state index in [9.17, 15) is 0 Å². The first-order chi connectivity index (χ1) is 6.75. The van der Waals surface area contributed by atoms with E-state index in [1.165, 1.54) is 0 Å². The molecule has 0 bridgehead atoms. The Morgan fingerprint density at radius 2 is 2.29 bits per heavy atom. The monoisotopic (exact) mass is 207 g/mol. The van der Waals surface area contributed by atoms with Crippen molar-refractivity contribution in [1.82, 2.24) is 0 Å². The summed E-state index contributed by atoms with van der Waals surface area (Å²) in [6.07, 6.45) is 8.97. The molecule has 0 amide bonds. The average Bonchev–Trinajstić information content (AvgIpc) is 2.45. The molecule has 2 aliphatic rings. The van der Waals surface area contributed by atoms with Gasteiger partial charge in [-0.25, -0.2) is 0 Å². The van der Waals surface area contributed by atoms with Crippen molar-refractivity contribution in [3.05, 3.63) is 35.6 Å². The Morgan fingerprint density at radius 3 is 3.00 bits per heavy atom. The van der Waals surface area contributed by atoms with Gasteiger partial charge in [-0.2, -0.15) is 0 Å². The lowest BCUT2D eigenvalue weighted by atomic mass is 10.1. The maximum Gasteiger partial charge on any atom is 0.154 e. The van der Waals surface area contributed by atoms with E-state index in [0.29, 0.717) is 5.17 Å². The first-order valence-electron chi connectivity index (χ1n) is 4.54. The fourth-order valence-corrected chi connectivity index (χ4v) is 2.27. The van der Waals surface area contributed by atoms with Gasteiger partial charge >= 0.3 is 0 Å². The smallest absolute Gasteiger partial charge is 0.154 e. The van der Waals surface area contributed by atoms with Crippen LogP contribution in [-0.2, 0) is 0 Å². The highest BCUT2D eigenvalue weighted by Crippen LogP contribution is 2.23. The summed E-state index contributed by atoms with van der Waals surface area (Å²) in [6, 6.07) is 0.182. The van der Waals surface area contributed by atoms with Gasteiger partial charge in [-0.1, -0.05) is 30.0 Å². The van der Waals surface area contributed by atoms with E-state index in [1.54, 1.807) is 11.8 Å². The average molecular weight is 207 g/mol. The van der Waals surface area contributed by atoms with Crippen LogP contribution in [0.25, 0.3) is 0 Å². The third kappa shape index (κ3) is 2.01. The summed E-state index contributed by atoms with van der Waals surface area (Å²) in [6.45, 7) is 0. The normalized spacial score (nSPS) is 26.6. The van der Waals surface area contributed by atoms with E-state index in [-0.39, 0.29) is 6.04 Å². The van der Waals surface area contributed by atoms with Crippen molar-refractivity contribution in [3.63, 3.8) is 0 Å². The van der Waals surface area contributed by atoms with Crippen molar-refractivity contribution < 1.29 is 0 Å². The molecule has 2 rings (SSSR count). The second-order valence-electron chi connectivity index (χ2n) is 3.31. The number of allylic oxidation sites excluding steroid dienone is 3. The molecule has 4 heteroatoms. The zero-order valence-corrected chi connectivity index (χ0v) is 8.63. The Balaban J connectivity index is 2.21. The molecule has 0 saturated heterocycles. The number of nitrogens with two attached hydrogens (primary N) is 2. The van der Waals surface area contributed by atoms with E-state index >= 15 is 0 Å². The van der Waals surface area contributed by atoms with Gasteiger partial charge < -0.3 is 11.5 Å². The summed E-state index contributed by atoms with van der Waals surface area (Å²) in [7, 11) is 0. The van der Waals surface area contributed by atoms with Gasteiger partial charge in [0, 0.05) is 17.9 Å². The number of thioether (sulfide) groups is 1. The Bertz CT molecular complexity index is 352. The number of nitrogens with zero attached hydrogens (tertiary/aromatic N) is 1. The largest absolute Gasteiger partial charge is 0.402 e. The van der Waals surface area contributed by atoms with E-state index in [2.05, 4.69) is 11.1 Å². The minimum atomic E-state index is 0.182. The maximum atomic E-state index is 5.81. The molecule has 1 atom stereocenters. The summed E-state index contributed by atoms with van der Waals surface area (Å²) >= 11 is 1.60. The lowest BCUT2D eigenvalue weighted by Crippen LogP contribution is -2.08. The predicted molar refractivity (Wildman–Crippen MR) is 62.0 cm³/mol. The van der Waals surface area contributed by atoms with Gasteiger partial charge in [-0.05, 0) is 11.6 Å². The standard InChI is InChI=1S/C10H13N3S/c11-8-4-2-1-3-7(5-8)9-6-14-10(12)13-9/h1-3,5,9H,4,6,11H2,(H2,12,13). The number of aliphatic imine (C=N–C) groups is 1. The number of rotatable bonds is 1. The Kier molecular flexibility index (Phi) is 2.63. The van der Waals surface area contributed by atoms with E-state index in [0.717, 1.165) is 23.4 Å². The van der Waals surface area contributed by atoms with Gasteiger partial charge in [0.1, 0.15) is 0 Å². The SMILES string of the molecule is NC1=CC(C2CSC(N)=N2)=CC=CC1. The Hall–Kier alpha value is -1.16. The first-order valence-corrected chi connectivity index (χ1v) is 5.53. The van der Waals surface area contributed by atoms with Gasteiger partial charge in [0.2, 0.25) is 0 Å². The fraction of sp³-hybridized carbons (Fsp3) is 0.300. The minimum Gasteiger partial charge on any atom is -0.402 e. The molecule has 1 aliphatic carbocycles. The molecule has 0 aromatic rings. The van der Waals surface area contributed by atoms with E-state index < -0.39 is 0 Å². The third-order valence-corrected chi connectivity index (χ3v) is 3.07. The molecule has 1 aliphatic heterocycles. The third-order valence-electron chi connectivity index (χ3n) is 2.19. The topological polar surface area (TPSA) is 64.4 Å². The summed E-state index contributed by atoms with van der Waals surface area (Å²) in [4.78, 5) is 4.34. The summed E-state index contributed by atoms with van der Waals surface area (Å²) < 4.78 is 0. The lowest BCUT2D eigenvalue weighted by Gasteiger charge is -2.06. The molecule has 74 valence electrons. The highest BCUT2D eigenvalue weighted by Gasteiger charge is 2.19. The minimum absolute atomic E-state index is 0.182. The molecule has 0 fully saturated rings. The van der Waals surface area contributed by atoms with Crippen LogP contribution in [0.4, 0.5) is 0 Å². The van der Waals surface area contributed by atoms with Crippen LogP contribution in [-0.4, -0.2) is 17.0 Å². The molecule has 0 spiro atoms. The lowest BCUT2D eigenvalue weighted by molar-refractivity contribution is 0.911. The van der Waals surface area contributed by atoms with Crippen molar-refractivity contribution >= 4 is 16.9 Å². The first kappa shape index (κ1) is 9.40. The molecule has 1 unspecified atom stereocenters.